The molecule has 172 valence electrons. The Morgan fingerprint density at radius 1 is 1.03 bits per heavy atom. The van der Waals surface area contributed by atoms with Crippen molar-refractivity contribution in [2.45, 2.75) is 51.2 Å². The van der Waals surface area contributed by atoms with Gasteiger partial charge in [0, 0.05) is 18.3 Å². The minimum atomic E-state index is -1.49. The van der Waals surface area contributed by atoms with Crippen molar-refractivity contribution in [1.82, 2.24) is 25.9 Å². The van der Waals surface area contributed by atoms with E-state index in [1.807, 2.05) is 13.8 Å². The zero-order chi connectivity index (χ0) is 23.6. The number of rotatable bonds is 13. The Morgan fingerprint density at radius 3 is 2.19 bits per heavy atom. The lowest BCUT2D eigenvalue weighted by atomic mass is 10.0. The van der Waals surface area contributed by atoms with E-state index >= 15 is 0 Å². The molecule has 3 amide bonds. The average molecular weight is 440 g/mol. The standard InChI is InChI=1S/C18H28N6O7/c1-9(2)3-11(19)16(29)23-13(5-14(25)26)18(31)24-12(4-10-6-20-8-22-10)17(30)21-7-15(27)28/h6,8-9,11-13H,3-5,7,19H2,1-2H3,(H,20,22)(H,21,30)(H,23,29)(H,24,31)(H,25,26)(H,27,28). The number of carboxylic acid groups (broad SMARTS) is 2. The summed E-state index contributed by atoms with van der Waals surface area (Å²) in [5.41, 5.74) is 6.25. The highest BCUT2D eigenvalue weighted by atomic mass is 16.4. The van der Waals surface area contributed by atoms with Gasteiger partial charge in [0.15, 0.2) is 0 Å². The molecule has 13 heteroatoms. The Kier molecular flexibility index (Phi) is 10.1. The fourth-order valence-electron chi connectivity index (χ4n) is 2.66. The smallest absolute Gasteiger partial charge is 0.322 e. The SMILES string of the molecule is CC(C)CC(N)C(=O)NC(CC(=O)O)C(=O)NC(Cc1cnc[nH]1)C(=O)NCC(=O)O. The Bertz CT molecular complexity index is 780. The fraction of sp³-hybridized carbons (Fsp3) is 0.556. The number of aromatic amines is 1. The van der Waals surface area contributed by atoms with E-state index in [1.165, 1.54) is 12.5 Å². The van der Waals surface area contributed by atoms with Gasteiger partial charge in [-0.2, -0.15) is 0 Å². The lowest BCUT2D eigenvalue weighted by molar-refractivity contribution is -0.141. The molecule has 0 bridgehead atoms. The maximum Gasteiger partial charge on any atom is 0.322 e. The Balaban J connectivity index is 2.93. The van der Waals surface area contributed by atoms with Gasteiger partial charge >= 0.3 is 11.9 Å². The number of nitrogens with two attached hydrogens (primary N) is 1. The fourth-order valence-corrected chi connectivity index (χ4v) is 2.66. The van der Waals surface area contributed by atoms with Crippen LogP contribution in [0.2, 0.25) is 0 Å². The number of nitrogens with zero attached hydrogens (tertiary/aromatic N) is 1. The summed E-state index contributed by atoms with van der Waals surface area (Å²) < 4.78 is 0. The Morgan fingerprint density at radius 2 is 1.68 bits per heavy atom. The highest BCUT2D eigenvalue weighted by molar-refractivity contribution is 5.95. The van der Waals surface area contributed by atoms with Crippen LogP contribution in [0.4, 0.5) is 0 Å². The van der Waals surface area contributed by atoms with Crippen LogP contribution in [-0.4, -0.2) is 74.5 Å². The molecule has 1 rings (SSSR count). The number of imidazole rings is 1. The van der Waals surface area contributed by atoms with E-state index in [0.717, 1.165) is 0 Å². The lowest BCUT2D eigenvalue weighted by Gasteiger charge is -2.23. The topological polar surface area (TPSA) is 217 Å². The number of aliphatic carboxylic acids is 2. The maximum absolute atomic E-state index is 12.7. The largest absolute Gasteiger partial charge is 0.481 e. The van der Waals surface area contributed by atoms with Gasteiger partial charge in [0.1, 0.15) is 18.6 Å². The van der Waals surface area contributed by atoms with Gasteiger partial charge in [-0.1, -0.05) is 13.8 Å². The molecule has 1 aromatic rings. The van der Waals surface area contributed by atoms with E-state index in [2.05, 4.69) is 25.9 Å². The Hall–Kier alpha value is -3.48. The van der Waals surface area contributed by atoms with Gasteiger partial charge in [-0.05, 0) is 12.3 Å². The van der Waals surface area contributed by atoms with E-state index < -0.39 is 60.8 Å². The first-order valence-electron chi connectivity index (χ1n) is 9.54. The number of amides is 3. The van der Waals surface area contributed by atoms with Gasteiger partial charge < -0.3 is 36.9 Å². The highest BCUT2D eigenvalue weighted by Crippen LogP contribution is 2.05. The van der Waals surface area contributed by atoms with Gasteiger partial charge in [-0.3, -0.25) is 24.0 Å². The van der Waals surface area contributed by atoms with Crippen molar-refractivity contribution in [3.05, 3.63) is 18.2 Å². The molecule has 0 aliphatic carbocycles. The summed E-state index contributed by atoms with van der Waals surface area (Å²) in [6, 6.07) is -3.67. The summed E-state index contributed by atoms with van der Waals surface area (Å²) >= 11 is 0. The first kappa shape index (κ1) is 25.6. The van der Waals surface area contributed by atoms with Crippen molar-refractivity contribution in [3.8, 4) is 0 Å². The molecule has 3 atom stereocenters. The zero-order valence-corrected chi connectivity index (χ0v) is 17.3. The molecule has 0 saturated carbocycles. The quantitative estimate of drug-likeness (QED) is 0.180. The Labute approximate surface area is 178 Å². The number of hydrogen-bond donors (Lipinski definition) is 7. The molecule has 0 radical (unpaired) electrons. The molecule has 0 spiro atoms. The third kappa shape index (κ3) is 9.71. The summed E-state index contributed by atoms with van der Waals surface area (Å²) in [6.07, 6.45) is 2.28. The van der Waals surface area contributed by atoms with Gasteiger partial charge in [0.2, 0.25) is 17.7 Å². The van der Waals surface area contributed by atoms with E-state index in [4.69, 9.17) is 15.9 Å². The van der Waals surface area contributed by atoms with Crippen LogP contribution in [0.1, 0.15) is 32.4 Å². The van der Waals surface area contributed by atoms with Crippen molar-refractivity contribution in [2.75, 3.05) is 6.54 Å². The number of aromatic nitrogens is 2. The van der Waals surface area contributed by atoms with E-state index in [-0.39, 0.29) is 12.3 Å². The summed E-state index contributed by atoms with van der Waals surface area (Å²) in [7, 11) is 0. The molecule has 3 unspecified atom stereocenters. The van der Waals surface area contributed by atoms with Crippen LogP contribution in [0.3, 0.4) is 0 Å². The number of carboxylic acids is 2. The first-order valence-corrected chi connectivity index (χ1v) is 9.54. The number of nitrogens with one attached hydrogen (secondary N) is 4. The van der Waals surface area contributed by atoms with Crippen molar-refractivity contribution >= 4 is 29.7 Å². The van der Waals surface area contributed by atoms with Crippen molar-refractivity contribution in [1.29, 1.82) is 0 Å². The van der Waals surface area contributed by atoms with Crippen LogP contribution in [-0.2, 0) is 30.4 Å². The van der Waals surface area contributed by atoms with Crippen LogP contribution >= 0.6 is 0 Å². The molecule has 0 aromatic carbocycles. The summed E-state index contributed by atoms with van der Waals surface area (Å²) in [5, 5.41) is 24.7. The predicted octanol–water partition coefficient (Wildman–Crippen LogP) is -2.03. The molecule has 0 saturated heterocycles. The molecule has 0 aliphatic heterocycles. The van der Waals surface area contributed by atoms with Crippen LogP contribution in [0.5, 0.6) is 0 Å². The second kappa shape index (κ2) is 12.3. The molecular formula is C18H28N6O7. The van der Waals surface area contributed by atoms with Crippen LogP contribution < -0.4 is 21.7 Å². The predicted molar refractivity (Wildman–Crippen MR) is 106 cm³/mol. The lowest BCUT2D eigenvalue weighted by Crippen LogP contribution is -2.57. The third-order valence-corrected chi connectivity index (χ3v) is 4.10. The summed E-state index contributed by atoms with van der Waals surface area (Å²) in [6.45, 7) is 3.03. The normalized spacial score (nSPS) is 13.7. The van der Waals surface area contributed by atoms with Crippen LogP contribution in [0, 0.1) is 5.92 Å². The maximum atomic E-state index is 12.7. The molecule has 0 aliphatic rings. The molecule has 1 aromatic heterocycles. The van der Waals surface area contributed by atoms with Gasteiger partial charge in [-0.25, -0.2) is 4.98 Å². The van der Waals surface area contributed by atoms with Gasteiger partial charge in [0.05, 0.1) is 18.8 Å². The number of H-pyrrole nitrogens is 1. The number of carbonyl (C=O) groups excluding carboxylic acids is 3. The van der Waals surface area contributed by atoms with E-state index in [9.17, 15) is 24.0 Å². The minimum absolute atomic E-state index is 0.0716. The second-order valence-corrected chi connectivity index (χ2v) is 7.35. The third-order valence-electron chi connectivity index (χ3n) is 4.10. The second-order valence-electron chi connectivity index (χ2n) is 7.35. The monoisotopic (exact) mass is 440 g/mol. The van der Waals surface area contributed by atoms with Crippen molar-refractivity contribution in [2.24, 2.45) is 11.7 Å². The molecular weight excluding hydrogens is 412 g/mol. The van der Waals surface area contributed by atoms with Gasteiger partial charge in [-0.15, -0.1) is 0 Å². The van der Waals surface area contributed by atoms with Gasteiger partial charge in [0.25, 0.3) is 0 Å². The van der Waals surface area contributed by atoms with Crippen molar-refractivity contribution < 1.29 is 34.2 Å². The summed E-state index contributed by atoms with van der Waals surface area (Å²) in [5.74, 6) is -4.96. The van der Waals surface area contributed by atoms with Crippen LogP contribution in [0.15, 0.2) is 12.5 Å². The van der Waals surface area contributed by atoms with E-state index in [1.54, 1.807) is 0 Å². The molecule has 13 nitrogen and oxygen atoms in total. The number of carbonyl (C=O) groups is 5. The molecule has 31 heavy (non-hydrogen) atoms. The van der Waals surface area contributed by atoms with Crippen molar-refractivity contribution in [3.63, 3.8) is 0 Å². The molecule has 8 N–H and O–H groups in total. The minimum Gasteiger partial charge on any atom is -0.481 e. The average Bonchev–Trinajstić information content (AvgIpc) is 3.17. The summed E-state index contributed by atoms with van der Waals surface area (Å²) in [4.78, 5) is 65.7. The molecule has 1 heterocycles. The van der Waals surface area contributed by atoms with E-state index in [0.29, 0.717) is 12.1 Å². The first-order chi connectivity index (χ1) is 14.5. The zero-order valence-electron chi connectivity index (χ0n) is 17.3. The van der Waals surface area contributed by atoms with Crippen LogP contribution in [0.25, 0.3) is 0 Å². The molecule has 0 fully saturated rings. The highest BCUT2D eigenvalue weighted by Gasteiger charge is 2.30. The number of hydrogen-bond acceptors (Lipinski definition) is 7.